The maximum Gasteiger partial charge on any atom is 0.0458 e. The monoisotopic (exact) mass is 324 g/mol. The Morgan fingerprint density at radius 2 is 2.22 bits per heavy atom. The van der Waals surface area contributed by atoms with E-state index in [0.717, 1.165) is 11.0 Å². The maximum absolute atomic E-state index is 5.87. The average Bonchev–Trinajstić information content (AvgIpc) is 2.85. The van der Waals surface area contributed by atoms with Crippen molar-refractivity contribution in [1.29, 1.82) is 0 Å². The van der Waals surface area contributed by atoms with E-state index >= 15 is 0 Å². The van der Waals surface area contributed by atoms with Gasteiger partial charge in [0.05, 0.1) is 0 Å². The van der Waals surface area contributed by atoms with E-state index in [9.17, 15) is 0 Å². The Labute approximate surface area is 120 Å². The van der Waals surface area contributed by atoms with Gasteiger partial charge in [-0.25, -0.2) is 0 Å². The van der Waals surface area contributed by atoms with E-state index in [4.69, 9.17) is 5.73 Å². The minimum absolute atomic E-state index is 0.182. The number of benzene rings is 1. The lowest BCUT2D eigenvalue weighted by molar-refractivity contribution is 0.543. The summed E-state index contributed by atoms with van der Waals surface area (Å²) in [6.45, 7) is 3.54. The van der Waals surface area contributed by atoms with Crippen molar-refractivity contribution >= 4 is 27.3 Å². The molecule has 0 aliphatic rings. The predicted molar refractivity (Wildman–Crippen MR) is 81.8 cm³/mol. The summed E-state index contributed by atoms with van der Waals surface area (Å²) in [6.07, 6.45) is 0. The van der Waals surface area contributed by atoms with Crippen LogP contribution >= 0.6 is 27.3 Å². The maximum atomic E-state index is 5.87. The van der Waals surface area contributed by atoms with Crippen LogP contribution in [-0.2, 0) is 6.54 Å². The van der Waals surface area contributed by atoms with Crippen molar-refractivity contribution in [3.8, 4) is 0 Å². The highest BCUT2D eigenvalue weighted by Crippen LogP contribution is 2.24. The fourth-order valence-electron chi connectivity index (χ4n) is 1.87. The molecule has 1 aromatic heterocycles. The molecule has 0 saturated carbocycles. The summed E-state index contributed by atoms with van der Waals surface area (Å²) >= 11 is 5.38. The van der Waals surface area contributed by atoms with Crippen molar-refractivity contribution < 1.29 is 0 Å². The van der Waals surface area contributed by atoms with E-state index in [1.807, 2.05) is 0 Å². The molecule has 0 bridgehead atoms. The largest absolute Gasteiger partial charge is 0.329 e. The van der Waals surface area contributed by atoms with Gasteiger partial charge in [0.1, 0.15) is 0 Å². The first-order valence-electron chi connectivity index (χ1n) is 5.92. The zero-order chi connectivity index (χ0) is 13.0. The second kappa shape index (κ2) is 6.48. The molecule has 0 radical (unpaired) electrons. The number of halogens is 1. The Balaban J connectivity index is 2.08. The Kier molecular flexibility index (Phi) is 4.95. The second-order valence-electron chi connectivity index (χ2n) is 4.27. The van der Waals surface area contributed by atoms with Crippen molar-refractivity contribution in [2.75, 3.05) is 6.54 Å². The molecule has 1 unspecified atom stereocenters. The second-order valence-corrected chi connectivity index (χ2v) is 6.16. The number of thiophene rings is 1. The Bertz CT molecular complexity index is 497. The summed E-state index contributed by atoms with van der Waals surface area (Å²) in [5.41, 5.74) is 8.34. The lowest BCUT2D eigenvalue weighted by atomic mass is 10.1. The third-order valence-corrected chi connectivity index (χ3v) is 4.43. The Morgan fingerprint density at radius 3 is 2.83 bits per heavy atom. The van der Waals surface area contributed by atoms with E-state index < -0.39 is 0 Å². The first-order chi connectivity index (χ1) is 8.70. The van der Waals surface area contributed by atoms with Gasteiger partial charge in [0.2, 0.25) is 0 Å². The van der Waals surface area contributed by atoms with Crippen LogP contribution in [0.25, 0.3) is 0 Å². The van der Waals surface area contributed by atoms with Gasteiger partial charge in [-0.3, -0.25) is 0 Å². The highest BCUT2D eigenvalue weighted by atomic mass is 79.9. The number of hydrogen-bond donors (Lipinski definition) is 2. The third-order valence-electron chi connectivity index (χ3n) is 2.87. The smallest absolute Gasteiger partial charge is 0.0458 e. The summed E-state index contributed by atoms with van der Waals surface area (Å²) in [5, 5.41) is 5.60. The van der Waals surface area contributed by atoms with Gasteiger partial charge >= 0.3 is 0 Å². The van der Waals surface area contributed by atoms with E-state index in [-0.39, 0.29) is 6.04 Å². The van der Waals surface area contributed by atoms with Crippen molar-refractivity contribution in [3.63, 3.8) is 0 Å². The highest BCUT2D eigenvalue weighted by Gasteiger charge is 2.12. The quantitative estimate of drug-likeness (QED) is 0.881. The van der Waals surface area contributed by atoms with Crippen LogP contribution in [0.1, 0.15) is 22.0 Å². The number of nitrogens with one attached hydrogen (secondary N) is 1. The van der Waals surface area contributed by atoms with Crippen LogP contribution in [0.4, 0.5) is 0 Å². The summed E-state index contributed by atoms with van der Waals surface area (Å²) in [5.74, 6) is 0. The fourth-order valence-corrected chi connectivity index (χ4v) is 3.30. The standard InChI is InChI=1S/C14H17BrN2S/c1-10-4-5-12(13(15)7-10)14(8-16)17-9-11-3-2-6-18-11/h2-7,14,17H,8-9,16H2,1H3. The molecule has 0 fully saturated rings. The van der Waals surface area contributed by atoms with Crippen LogP contribution < -0.4 is 11.1 Å². The van der Waals surface area contributed by atoms with E-state index in [1.165, 1.54) is 16.0 Å². The summed E-state index contributed by atoms with van der Waals surface area (Å²) in [4.78, 5) is 1.33. The molecule has 4 heteroatoms. The molecule has 1 heterocycles. The lowest BCUT2D eigenvalue weighted by Crippen LogP contribution is -2.27. The van der Waals surface area contributed by atoms with Crippen LogP contribution in [0.15, 0.2) is 40.2 Å². The van der Waals surface area contributed by atoms with Gasteiger partial charge in [-0.2, -0.15) is 0 Å². The molecule has 2 nitrogen and oxygen atoms in total. The molecule has 1 aromatic carbocycles. The van der Waals surface area contributed by atoms with Crippen molar-refractivity contribution in [2.24, 2.45) is 5.73 Å². The van der Waals surface area contributed by atoms with Crippen LogP contribution in [0, 0.1) is 6.92 Å². The molecule has 1 atom stereocenters. The first-order valence-corrected chi connectivity index (χ1v) is 7.60. The zero-order valence-electron chi connectivity index (χ0n) is 10.3. The number of aryl methyl sites for hydroxylation is 1. The Hall–Kier alpha value is -0.680. The van der Waals surface area contributed by atoms with Gasteiger partial charge in [-0.05, 0) is 35.6 Å². The molecule has 0 spiro atoms. The minimum Gasteiger partial charge on any atom is -0.329 e. The highest BCUT2D eigenvalue weighted by molar-refractivity contribution is 9.10. The lowest BCUT2D eigenvalue weighted by Gasteiger charge is -2.18. The molecular weight excluding hydrogens is 308 g/mol. The average molecular weight is 325 g/mol. The zero-order valence-corrected chi connectivity index (χ0v) is 12.7. The van der Waals surface area contributed by atoms with Crippen LogP contribution in [0.5, 0.6) is 0 Å². The van der Waals surface area contributed by atoms with Gasteiger partial charge in [0.25, 0.3) is 0 Å². The first kappa shape index (κ1) is 13.7. The van der Waals surface area contributed by atoms with E-state index in [1.54, 1.807) is 11.3 Å². The molecular formula is C14H17BrN2S. The summed E-state index contributed by atoms with van der Waals surface area (Å²) in [6, 6.07) is 10.8. The molecule has 96 valence electrons. The molecule has 2 aromatic rings. The number of rotatable bonds is 5. The summed E-state index contributed by atoms with van der Waals surface area (Å²) < 4.78 is 1.12. The van der Waals surface area contributed by atoms with Gasteiger partial charge in [-0.15, -0.1) is 11.3 Å². The molecule has 0 aliphatic carbocycles. The van der Waals surface area contributed by atoms with Gasteiger partial charge in [0.15, 0.2) is 0 Å². The summed E-state index contributed by atoms with van der Waals surface area (Å²) in [7, 11) is 0. The predicted octanol–water partition coefficient (Wildman–Crippen LogP) is 3.61. The van der Waals surface area contributed by atoms with Crippen LogP contribution in [0.3, 0.4) is 0 Å². The van der Waals surface area contributed by atoms with Crippen molar-refractivity contribution in [1.82, 2.24) is 5.32 Å². The van der Waals surface area contributed by atoms with Crippen LogP contribution in [0.2, 0.25) is 0 Å². The Morgan fingerprint density at radius 1 is 1.39 bits per heavy atom. The van der Waals surface area contributed by atoms with Gasteiger partial charge in [0, 0.05) is 28.5 Å². The minimum atomic E-state index is 0.182. The molecule has 2 rings (SSSR count). The normalized spacial score (nSPS) is 12.6. The number of nitrogens with two attached hydrogens (primary N) is 1. The molecule has 0 amide bonds. The SMILES string of the molecule is Cc1ccc(C(CN)NCc2cccs2)c(Br)c1. The van der Waals surface area contributed by atoms with Crippen molar-refractivity contribution in [3.05, 3.63) is 56.2 Å². The number of hydrogen-bond acceptors (Lipinski definition) is 3. The molecule has 18 heavy (non-hydrogen) atoms. The third kappa shape index (κ3) is 3.42. The molecule has 0 aliphatic heterocycles. The topological polar surface area (TPSA) is 38.0 Å². The molecule has 0 saturated heterocycles. The van der Waals surface area contributed by atoms with E-state index in [0.29, 0.717) is 6.54 Å². The van der Waals surface area contributed by atoms with E-state index in [2.05, 4.69) is 63.9 Å². The van der Waals surface area contributed by atoms with Gasteiger partial charge in [-0.1, -0.05) is 34.1 Å². The molecule has 3 N–H and O–H groups in total. The van der Waals surface area contributed by atoms with Crippen molar-refractivity contribution in [2.45, 2.75) is 19.5 Å². The van der Waals surface area contributed by atoms with Gasteiger partial charge < -0.3 is 11.1 Å². The fraction of sp³-hybridized carbons (Fsp3) is 0.286. The van der Waals surface area contributed by atoms with Crippen LogP contribution in [-0.4, -0.2) is 6.54 Å².